The zero-order chi connectivity index (χ0) is 19.6. The van der Waals surface area contributed by atoms with Crippen LogP contribution in [0.4, 0.5) is 0 Å². The van der Waals surface area contributed by atoms with Gasteiger partial charge < -0.3 is 4.57 Å². The molecule has 2 aromatic carbocycles. The maximum absolute atomic E-state index is 12.2. The van der Waals surface area contributed by atoms with E-state index in [-0.39, 0.29) is 5.75 Å². The predicted molar refractivity (Wildman–Crippen MR) is 113 cm³/mol. The Hall–Kier alpha value is -2.11. The van der Waals surface area contributed by atoms with Crippen molar-refractivity contribution >= 4 is 20.9 Å². The number of hydrogen-bond donors (Lipinski definition) is 0. The Morgan fingerprint density at radius 2 is 1.70 bits per heavy atom. The fourth-order valence-corrected chi connectivity index (χ4v) is 4.19. The molecule has 144 valence electrons. The van der Waals surface area contributed by atoms with Crippen LogP contribution in [0.15, 0.2) is 54.7 Å². The van der Waals surface area contributed by atoms with Crippen molar-refractivity contribution < 1.29 is 8.42 Å². The topological polar surface area (TPSA) is 42.3 Å². The molecule has 1 aromatic heterocycles. The van der Waals surface area contributed by atoms with Crippen molar-refractivity contribution in [1.82, 2.24) is 8.87 Å². The minimum Gasteiger partial charge on any atom is -0.347 e. The van der Waals surface area contributed by atoms with Crippen molar-refractivity contribution in [3.8, 4) is 11.1 Å². The quantitative estimate of drug-likeness (QED) is 0.606. The van der Waals surface area contributed by atoms with Crippen molar-refractivity contribution in [2.24, 2.45) is 5.92 Å². The smallest absolute Gasteiger partial charge is 0.213 e. The van der Waals surface area contributed by atoms with Crippen LogP contribution in [0, 0.1) is 5.92 Å². The molecule has 0 unspecified atom stereocenters. The average molecular weight is 385 g/mol. The molecule has 0 bridgehead atoms. The summed E-state index contributed by atoms with van der Waals surface area (Å²) < 4.78 is 27.9. The van der Waals surface area contributed by atoms with E-state index in [1.165, 1.54) is 20.9 Å². The Morgan fingerprint density at radius 1 is 1.00 bits per heavy atom. The standard InChI is InChI=1S/C22H28N2O2S/c1-17(2)15-24-16-20(12-13-27(25,26)23(3)4)21-11-10-19(14-22(21)24)18-8-6-5-7-9-18/h5-11,14,16-17H,12-13,15H2,1-4H3. The molecule has 1 heterocycles. The molecule has 0 fully saturated rings. The van der Waals surface area contributed by atoms with Gasteiger partial charge in [0.05, 0.1) is 5.75 Å². The third-order valence-electron chi connectivity index (χ3n) is 4.82. The summed E-state index contributed by atoms with van der Waals surface area (Å²) >= 11 is 0. The van der Waals surface area contributed by atoms with Crippen molar-refractivity contribution in [3.63, 3.8) is 0 Å². The van der Waals surface area contributed by atoms with Gasteiger partial charge in [-0.3, -0.25) is 0 Å². The molecule has 3 aromatic rings. The van der Waals surface area contributed by atoms with E-state index in [0.29, 0.717) is 12.3 Å². The van der Waals surface area contributed by atoms with Crippen LogP contribution in [0.2, 0.25) is 0 Å². The molecule has 0 atom stereocenters. The van der Waals surface area contributed by atoms with Gasteiger partial charge in [0.1, 0.15) is 0 Å². The Labute approximate surface area is 162 Å². The maximum atomic E-state index is 12.2. The highest BCUT2D eigenvalue weighted by molar-refractivity contribution is 7.89. The van der Waals surface area contributed by atoms with Crippen LogP contribution in [0.5, 0.6) is 0 Å². The third-order valence-corrected chi connectivity index (χ3v) is 6.65. The lowest BCUT2D eigenvalue weighted by molar-refractivity contribution is 0.519. The minimum absolute atomic E-state index is 0.126. The number of benzene rings is 2. The number of nitrogens with zero attached hydrogens (tertiary/aromatic N) is 2. The van der Waals surface area contributed by atoms with Crippen molar-refractivity contribution in [1.29, 1.82) is 0 Å². The van der Waals surface area contributed by atoms with Crippen molar-refractivity contribution in [2.45, 2.75) is 26.8 Å². The predicted octanol–water partition coefficient (Wildman–Crippen LogP) is 4.40. The molecule has 0 amide bonds. The lowest BCUT2D eigenvalue weighted by atomic mass is 10.0. The first-order valence-corrected chi connectivity index (χ1v) is 11.0. The number of aryl methyl sites for hydroxylation is 1. The van der Waals surface area contributed by atoms with Gasteiger partial charge in [0.2, 0.25) is 10.0 Å². The van der Waals surface area contributed by atoms with Crippen LogP contribution in [0.3, 0.4) is 0 Å². The van der Waals surface area contributed by atoms with Crippen LogP contribution in [0.25, 0.3) is 22.0 Å². The SMILES string of the molecule is CC(C)Cn1cc(CCS(=O)(=O)N(C)C)c2ccc(-c3ccccc3)cc21. The van der Waals surface area contributed by atoms with Gasteiger partial charge in [0.25, 0.3) is 0 Å². The van der Waals surface area contributed by atoms with Crippen LogP contribution in [0.1, 0.15) is 19.4 Å². The molecule has 0 saturated carbocycles. The summed E-state index contributed by atoms with van der Waals surface area (Å²) in [6.45, 7) is 5.31. The van der Waals surface area contributed by atoms with Crippen LogP contribution in [-0.4, -0.2) is 37.1 Å². The summed E-state index contributed by atoms with van der Waals surface area (Å²) in [6.07, 6.45) is 2.65. The molecule has 0 spiro atoms. The summed E-state index contributed by atoms with van der Waals surface area (Å²) in [6, 6.07) is 16.8. The largest absolute Gasteiger partial charge is 0.347 e. The molecule has 3 rings (SSSR count). The fourth-order valence-electron chi connectivity index (χ4n) is 3.34. The summed E-state index contributed by atoms with van der Waals surface area (Å²) in [4.78, 5) is 0. The lowest BCUT2D eigenvalue weighted by Crippen LogP contribution is -2.25. The zero-order valence-corrected chi connectivity index (χ0v) is 17.3. The fraction of sp³-hybridized carbons (Fsp3) is 0.364. The molecule has 0 aliphatic carbocycles. The first-order valence-electron chi connectivity index (χ1n) is 9.35. The second-order valence-corrected chi connectivity index (χ2v) is 9.95. The van der Waals surface area contributed by atoms with E-state index >= 15 is 0 Å². The lowest BCUT2D eigenvalue weighted by Gasteiger charge is -2.10. The third kappa shape index (κ3) is 4.42. The van der Waals surface area contributed by atoms with E-state index in [1.54, 1.807) is 14.1 Å². The first kappa shape index (κ1) is 19.6. The van der Waals surface area contributed by atoms with E-state index in [9.17, 15) is 8.42 Å². The summed E-state index contributed by atoms with van der Waals surface area (Å²) in [5.74, 6) is 0.639. The molecular formula is C22H28N2O2S. The van der Waals surface area contributed by atoms with Gasteiger partial charge in [-0.1, -0.05) is 56.3 Å². The molecule has 0 aliphatic heterocycles. The van der Waals surface area contributed by atoms with Crippen LogP contribution < -0.4 is 0 Å². The van der Waals surface area contributed by atoms with E-state index in [0.717, 1.165) is 17.5 Å². The highest BCUT2D eigenvalue weighted by Gasteiger charge is 2.17. The van der Waals surface area contributed by atoms with E-state index in [2.05, 4.69) is 54.9 Å². The van der Waals surface area contributed by atoms with Crippen molar-refractivity contribution in [2.75, 3.05) is 19.8 Å². The second kappa shape index (κ2) is 7.87. The van der Waals surface area contributed by atoms with E-state index in [1.807, 2.05) is 18.2 Å². The number of sulfonamides is 1. The molecule has 0 aliphatic rings. The van der Waals surface area contributed by atoms with Gasteiger partial charge >= 0.3 is 0 Å². The molecule has 27 heavy (non-hydrogen) atoms. The van der Waals surface area contributed by atoms with Crippen LogP contribution >= 0.6 is 0 Å². The first-order chi connectivity index (χ1) is 12.8. The number of fused-ring (bicyclic) bond motifs is 1. The van der Waals surface area contributed by atoms with Crippen molar-refractivity contribution in [3.05, 3.63) is 60.3 Å². The molecule has 0 N–H and O–H groups in total. The molecule has 5 heteroatoms. The molecule has 0 radical (unpaired) electrons. The average Bonchev–Trinajstić information content (AvgIpc) is 2.97. The molecule has 0 saturated heterocycles. The Kier molecular flexibility index (Phi) is 5.72. The van der Waals surface area contributed by atoms with Gasteiger partial charge in [-0.2, -0.15) is 0 Å². The molecular weight excluding hydrogens is 356 g/mol. The van der Waals surface area contributed by atoms with Gasteiger partial charge in [-0.15, -0.1) is 0 Å². The summed E-state index contributed by atoms with van der Waals surface area (Å²) in [5, 5.41) is 1.14. The van der Waals surface area contributed by atoms with E-state index < -0.39 is 10.0 Å². The normalized spacial score (nSPS) is 12.4. The van der Waals surface area contributed by atoms with Gasteiger partial charge in [0.15, 0.2) is 0 Å². The number of rotatable bonds is 7. The Balaban J connectivity index is 2.02. The second-order valence-electron chi connectivity index (χ2n) is 7.65. The summed E-state index contributed by atoms with van der Waals surface area (Å²) in [7, 11) is -0.0323. The van der Waals surface area contributed by atoms with E-state index in [4.69, 9.17) is 0 Å². The van der Waals surface area contributed by atoms with Gasteiger partial charge in [0, 0.05) is 37.7 Å². The zero-order valence-electron chi connectivity index (χ0n) is 16.5. The monoisotopic (exact) mass is 384 g/mol. The Bertz CT molecular complexity index is 1020. The molecule has 4 nitrogen and oxygen atoms in total. The van der Waals surface area contributed by atoms with Gasteiger partial charge in [-0.25, -0.2) is 12.7 Å². The van der Waals surface area contributed by atoms with Gasteiger partial charge in [-0.05, 0) is 35.1 Å². The minimum atomic E-state index is -3.21. The number of aromatic nitrogens is 1. The number of hydrogen-bond acceptors (Lipinski definition) is 2. The Morgan fingerprint density at radius 3 is 2.33 bits per heavy atom. The maximum Gasteiger partial charge on any atom is 0.213 e. The highest BCUT2D eigenvalue weighted by Crippen LogP contribution is 2.29. The van der Waals surface area contributed by atoms with Crippen LogP contribution in [-0.2, 0) is 23.0 Å². The summed E-state index contributed by atoms with van der Waals surface area (Å²) in [5.41, 5.74) is 4.63. The highest BCUT2D eigenvalue weighted by atomic mass is 32.2.